The number of hydrogen-bond donors (Lipinski definition) is 3. The van der Waals surface area contributed by atoms with Crippen LogP contribution >= 0.6 is 12.2 Å². The molecule has 1 aliphatic rings. The first kappa shape index (κ1) is 23.4. The molecule has 0 radical (unpaired) electrons. The van der Waals surface area contributed by atoms with Crippen molar-refractivity contribution in [3.63, 3.8) is 0 Å². The van der Waals surface area contributed by atoms with Crippen LogP contribution in [0.3, 0.4) is 0 Å². The molecule has 1 aliphatic heterocycles. The van der Waals surface area contributed by atoms with Crippen LogP contribution < -0.4 is 11.1 Å². The third-order valence-electron chi connectivity index (χ3n) is 5.99. The molecule has 0 saturated carbocycles. The van der Waals surface area contributed by atoms with E-state index in [9.17, 15) is 14.4 Å². The summed E-state index contributed by atoms with van der Waals surface area (Å²) in [4.78, 5) is 39.2. The third-order valence-corrected chi connectivity index (χ3v) is 6.30. The number of primary amides is 1. The van der Waals surface area contributed by atoms with Crippen LogP contribution in [0.4, 0.5) is 5.69 Å². The van der Waals surface area contributed by atoms with Crippen molar-refractivity contribution in [3.05, 3.63) is 64.4 Å². The van der Waals surface area contributed by atoms with Crippen LogP contribution in [0, 0.1) is 17.6 Å². The van der Waals surface area contributed by atoms with E-state index in [1.165, 1.54) is 0 Å². The third kappa shape index (κ3) is 5.07. The fraction of sp³-hybridized carbons (Fsp3) is 0.292. The number of amides is 3. The number of aromatic nitrogens is 3. The summed E-state index contributed by atoms with van der Waals surface area (Å²) in [5, 5.41) is 9.86. The Morgan fingerprint density at radius 2 is 1.79 bits per heavy atom. The molecule has 1 aromatic heterocycles. The molecule has 4 N–H and O–H groups in total. The molecule has 1 fully saturated rings. The van der Waals surface area contributed by atoms with E-state index >= 15 is 0 Å². The number of benzene rings is 2. The van der Waals surface area contributed by atoms with E-state index in [1.807, 2.05) is 31.2 Å². The van der Waals surface area contributed by atoms with E-state index in [4.69, 9.17) is 18.0 Å². The summed E-state index contributed by atoms with van der Waals surface area (Å²) in [5.74, 6) is -0.511. The van der Waals surface area contributed by atoms with Crippen LogP contribution in [0.25, 0.3) is 11.4 Å². The smallest absolute Gasteiger partial charge is 0.255 e. The number of hydrogen-bond acceptors (Lipinski definition) is 5. The SMILES string of the molecule is Cc1ccc(-c2n[nH]c(=S)n2CC(=O)Nc2ccccc2C(=O)N2CCC(C(N)=O)CC2)cc1. The molecule has 2 heterocycles. The number of carbonyl (C=O) groups excluding carboxylic acids is 3. The Bertz CT molecular complexity index is 1270. The Labute approximate surface area is 202 Å². The van der Waals surface area contributed by atoms with E-state index in [1.54, 1.807) is 33.7 Å². The summed E-state index contributed by atoms with van der Waals surface area (Å²) in [7, 11) is 0. The van der Waals surface area contributed by atoms with Crippen molar-refractivity contribution in [1.29, 1.82) is 0 Å². The number of para-hydroxylation sites is 1. The average molecular weight is 479 g/mol. The minimum Gasteiger partial charge on any atom is -0.369 e. The summed E-state index contributed by atoms with van der Waals surface area (Å²) in [6.07, 6.45) is 1.08. The van der Waals surface area contributed by atoms with E-state index in [0.29, 0.717) is 47.8 Å². The first-order valence-electron chi connectivity index (χ1n) is 11.0. The van der Waals surface area contributed by atoms with Gasteiger partial charge < -0.3 is 16.0 Å². The predicted molar refractivity (Wildman–Crippen MR) is 130 cm³/mol. The first-order valence-corrected chi connectivity index (χ1v) is 11.4. The number of piperidine rings is 1. The highest BCUT2D eigenvalue weighted by Gasteiger charge is 2.27. The van der Waals surface area contributed by atoms with Crippen LogP contribution in [0.1, 0.15) is 28.8 Å². The number of nitrogens with two attached hydrogens (primary N) is 1. The van der Waals surface area contributed by atoms with E-state index in [-0.39, 0.29) is 30.2 Å². The van der Waals surface area contributed by atoms with Gasteiger partial charge in [-0.15, -0.1) is 0 Å². The van der Waals surface area contributed by atoms with E-state index in [0.717, 1.165) is 11.1 Å². The molecule has 0 atom stereocenters. The first-order chi connectivity index (χ1) is 16.3. The number of nitrogens with zero attached hydrogens (tertiary/aromatic N) is 3. The summed E-state index contributed by atoms with van der Waals surface area (Å²) < 4.78 is 1.95. The molecule has 3 amide bonds. The van der Waals surface area contributed by atoms with Crippen molar-refractivity contribution >= 4 is 35.6 Å². The van der Waals surface area contributed by atoms with Gasteiger partial charge in [0.15, 0.2) is 10.6 Å². The van der Waals surface area contributed by atoms with Crippen LogP contribution in [-0.4, -0.2) is 50.5 Å². The highest BCUT2D eigenvalue weighted by molar-refractivity contribution is 7.71. The lowest BCUT2D eigenvalue weighted by Crippen LogP contribution is -2.42. The minimum atomic E-state index is -0.335. The Kier molecular flexibility index (Phi) is 6.87. The molecule has 0 spiro atoms. The Hall–Kier alpha value is -3.79. The standard InChI is InChI=1S/C24H26N6O3S/c1-15-6-8-17(9-7-15)22-27-28-24(34)30(22)14-20(31)26-19-5-3-2-4-18(19)23(33)29-12-10-16(11-13-29)21(25)32/h2-9,16H,10-14H2,1H3,(H2,25,32)(H,26,31)(H,28,34). The van der Waals surface area contributed by atoms with E-state index < -0.39 is 0 Å². The zero-order valence-electron chi connectivity index (χ0n) is 18.8. The van der Waals surface area contributed by atoms with Crippen LogP contribution in [0.15, 0.2) is 48.5 Å². The number of likely N-dealkylation sites (tertiary alicyclic amines) is 1. The average Bonchev–Trinajstić information content (AvgIpc) is 3.19. The highest BCUT2D eigenvalue weighted by atomic mass is 32.1. The van der Waals surface area contributed by atoms with Crippen molar-refractivity contribution in [2.45, 2.75) is 26.3 Å². The minimum absolute atomic E-state index is 0.0644. The van der Waals surface area contributed by atoms with Gasteiger partial charge >= 0.3 is 0 Å². The molecule has 4 rings (SSSR count). The molecule has 9 nitrogen and oxygen atoms in total. The van der Waals surface area contributed by atoms with Crippen molar-refractivity contribution in [2.75, 3.05) is 18.4 Å². The van der Waals surface area contributed by atoms with Crippen molar-refractivity contribution in [1.82, 2.24) is 19.7 Å². The molecule has 34 heavy (non-hydrogen) atoms. The number of nitrogens with one attached hydrogen (secondary N) is 2. The second-order valence-corrected chi connectivity index (χ2v) is 8.75. The molecule has 0 bridgehead atoms. The number of rotatable bonds is 6. The molecular weight excluding hydrogens is 452 g/mol. The lowest BCUT2D eigenvalue weighted by Gasteiger charge is -2.31. The summed E-state index contributed by atoms with van der Waals surface area (Å²) in [5.41, 5.74) is 8.15. The Morgan fingerprint density at radius 3 is 2.47 bits per heavy atom. The molecule has 176 valence electrons. The fourth-order valence-corrected chi connectivity index (χ4v) is 4.23. The van der Waals surface area contributed by atoms with Gasteiger partial charge in [-0.05, 0) is 44.1 Å². The van der Waals surface area contributed by atoms with Gasteiger partial charge in [-0.2, -0.15) is 5.10 Å². The molecule has 0 unspecified atom stereocenters. The number of carbonyl (C=O) groups is 3. The topological polar surface area (TPSA) is 126 Å². The molecule has 10 heteroatoms. The molecular formula is C24H26N6O3S. The lowest BCUT2D eigenvalue weighted by atomic mass is 9.95. The van der Waals surface area contributed by atoms with Gasteiger partial charge in [-0.1, -0.05) is 42.0 Å². The molecule has 0 aliphatic carbocycles. The maximum Gasteiger partial charge on any atom is 0.255 e. The van der Waals surface area contributed by atoms with Crippen molar-refractivity contribution < 1.29 is 14.4 Å². The predicted octanol–water partition coefficient (Wildman–Crippen LogP) is 2.89. The van der Waals surface area contributed by atoms with Crippen LogP contribution in [-0.2, 0) is 16.1 Å². The number of anilines is 1. The van der Waals surface area contributed by atoms with Gasteiger partial charge in [-0.25, -0.2) is 0 Å². The summed E-state index contributed by atoms with van der Waals surface area (Å²) in [6, 6.07) is 14.6. The lowest BCUT2D eigenvalue weighted by molar-refractivity contribution is -0.123. The number of H-pyrrole nitrogens is 1. The molecule has 3 aromatic rings. The second kappa shape index (κ2) is 10.0. The van der Waals surface area contributed by atoms with Crippen LogP contribution in [0.5, 0.6) is 0 Å². The number of aromatic amines is 1. The number of aryl methyl sites for hydroxylation is 1. The van der Waals surface area contributed by atoms with Crippen LogP contribution in [0.2, 0.25) is 0 Å². The zero-order valence-corrected chi connectivity index (χ0v) is 19.6. The molecule has 1 saturated heterocycles. The van der Waals surface area contributed by atoms with Gasteiger partial charge in [0.05, 0.1) is 11.3 Å². The Morgan fingerprint density at radius 1 is 1.12 bits per heavy atom. The van der Waals surface area contributed by atoms with Gasteiger partial charge in [0.1, 0.15) is 6.54 Å². The van der Waals surface area contributed by atoms with Crippen molar-refractivity contribution in [3.8, 4) is 11.4 Å². The normalized spacial score (nSPS) is 14.1. The second-order valence-electron chi connectivity index (χ2n) is 8.37. The Balaban J connectivity index is 1.49. The quantitative estimate of drug-likeness (QED) is 0.470. The maximum absolute atomic E-state index is 13.1. The summed E-state index contributed by atoms with van der Waals surface area (Å²) >= 11 is 5.33. The summed E-state index contributed by atoms with van der Waals surface area (Å²) in [6.45, 7) is 2.82. The van der Waals surface area contributed by atoms with Gasteiger partial charge in [0.2, 0.25) is 11.8 Å². The van der Waals surface area contributed by atoms with Gasteiger partial charge in [0, 0.05) is 24.6 Å². The van der Waals surface area contributed by atoms with Gasteiger partial charge in [0.25, 0.3) is 5.91 Å². The zero-order chi connectivity index (χ0) is 24.2. The maximum atomic E-state index is 13.1. The highest BCUT2D eigenvalue weighted by Crippen LogP contribution is 2.23. The monoisotopic (exact) mass is 478 g/mol. The largest absolute Gasteiger partial charge is 0.369 e. The van der Waals surface area contributed by atoms with Gasteiger partial charge in [-0.3, -0.25) is 24.0 Å². The van der Waals surface area contributed by atoms with Crippen molar-refractivity contribution in [2.24, 2.45) is 11.7 Å². The fourth-order valence-electron chi connectivity index (χ4n) is 4.04. The van der Waals surface area contributed by atoms with E-state index in [2.05, 4.69) is 15.5 Å². The molecule has 2 aromatic carbocycles.